The number of carbonyl (C=O) groups is 1. The van der Waals surface area contributed by atoms with Crippen LogP contribution in [0.4, 0.5) is 0 Å². The third-order valence-electron chi connectivity index (χ3n) is 2.50. The Morgan fingerprint density at radius 1 is 1.23 bits per heavy atom. The Bertz CT molecular complexity index is 758. The molecule has 0 atom stereocenters. The van der Waals surface area contributed by atoms with E-state index in [0.29, 0.717) is 16.1 Å². The second-order valence-electron chi connectivity index (χ2n) is 4.07. The molecule has 8 nitrogen and oxygen atoms in total. The van der Waals surface area contributed by atoms with Gasteiger partial charge in [0, 0.05) is 10.6 Å². The minimum atomic E-state index is -0.240. The van der Waals surface area contributed by atoms with Crippen molar-refractivity contribution in [2.24, 2.45) is 0 Å². The predicted octanol–water partition coefficient (Wildman–Crippen LogP) is 1.84. The van der Waals surface area contributed by atoms with Crippen LogP contribution in [0.1, 0.15) is 0 Å². The number of nitrogens with one attached hydrogen (secondary N) is 1. The van der Waals surface area contributed by atoms with Gasteiger partial charge in [0.05, 0.1) is 5.75 Å². The molecule has 0 aliphatic carbocycles. The first kappa shape index (κ1) is 14.5. The molecule has 1 N–H and O–H groups in total. The molecule has 0 bridgehead atoms. The SMILES string of the molecule is O=C(CSc1nnc(-c2ccc(Cl)cc2)o1)Nn1cnnc1. The van der Waals surface area contributed by atoms with Gasteiger partial charge in [0.25, 0.3) is 5.22 Å². The molecule has 0 aliphatic heterocycles. The summed E-state index contributed by atoms with van der Waals surface area (Å²) in [4.78, 5) is 11.7. The van der Waals surface area contributed by atoms with Crippen molar-refractivity contribution < 1.29 is 9.21 Å². The molecule has 2 aromatic heterocycles. The highest BCUT2D eigenvalue weighted by molar-refractivity contribution is 7.99. The van der Waals surface area contributed by atoms with E-state index in [0.717, 1.165) is 17.3 Å². The molecule has 2 heterocycles. The molecule has 0 saturated heterocycles. The normalized spacial score (nSPS) is 10.6. The number of rotatable bonds is 5. The molecule has 3 aromatic rings. The van der Waals surface area contributed by atoms with E-state index < -0.39 is 0 Å². The van der Waals surface area contributed by atoms with E-state index >= 15 is 0 Å². The van der Waals surface area contributed by atoms with Crippen LogP contribution in [0.25, 0.3) is 11.5 Å². The average Bonchev–Trinajstić information content (AvgIpc) is 3.17. The van der Waals surface area contributed by atoms with E-state index in [1.165, 1.54) is 17.3 Å². The summed E-state index contributed by atoms with van der Waals surface area (Å²) in [6.45, 7) is 0. The van der Waals surface area contributed by atoms with Crippen molar-refractivity contribution >= 4 is 29.3 Å². The van der Waals surface area contributed by atoms with Crippen LogP contribution < -0.4 is 5.43 Å². The third kappa shape index (κ3) is 3.62. The molecule has 0 spiro atoms. The molecular weight excluding hydrogens is 328 g/mol. The molecule has 1 amide bonds. The largest absolute Gasteiger partial charge is 0.411 e. The Hall–Kier alpha value is -2.39. The smallest absolute Gasteiger partial charge is 0.277 e. The summed E-state index contributed by atoms with van der Waals surface area (Å²) in [6, 6.07) is 7.03. The minimum Gasteiger partial charge on any atom is -0.411 e. The zero-order valence-electron chi connectivity index (χ0n) is 11.0. The van der Waals surface area contributed by atoms with E-state index in [-0.39, 0.29) is 11.7 Å². The zero-order chi connectivity index (χ0) is 15.4. The summed E-state index contributed by atoms with van der Waals surface area (Å²) >= 11 is 6.96. The molecule has 1 aromatic carbocycles. The minimum absolute atomic E-state index is 0.125. The maximum atomic E-state index is 11.7. The summed E-state index contributed by atoms with van der Waals surface area (Å²) in [7, 11) is 0. The number of halogens is 1. The van der Waals surface area contributed by atoms with Crippen LogP contribution in [-0.4, -0.2) is 36.7 Å². The number of nitrogens with zero attached hydrogens (tertiary/aromatic N) is 5. The van der Waals surface area contributed by atoms with Crippen LogP contribution in [-0.2, 0) is 4.79 Å². The standard InChI is InChI=1S/C12H9ClN6O2S/c13-9-3-1-8(2-4-9)11-16-17-12(21-11)22-5-10(20)18-19-6-14-15-7-19/h1-4,6-7H,5H2,(H,18,20). The Morgan fingerprint density at radius 2 is 1.95 bits per heavy atom. The zero-order valence-corrected chi connectivity index (χ0v) is 12.6. The monoisotopic (exact) mass is 336 g/mol. The summed E-state index contributed by atoms with van der Waals surface area (Å²) in [6.07, 6.45) is 2.77. The van der Waals surface area contributed by atoms with Gasteiger partial charge in [-0.25, -0.2) is 4.68 Å². The first-order chi connectivity index (χ1) is 10.7. The number of hydrogen-bond acceptors (Lipinski definition) is 7. The molecule has 0 aliphatic rings. The topological polar surface area (TPSA) is 98.7 Å². The quantitative estimate of drug-likeness (QED) is 0.710. The number of benzene rings is 1. The molecule has 22 heavy (non-hydrogen) atoms. The molecule has 112 valence electrons. The van der Waals surface area contributed by atoms with Crippen LogP contribution >= 0.6 is 23.4 Å². The van der Waals surface area contributed by atoms with Crippen molar-refractivity contribution in [2.75, 3.05) is 11.2 Å². The lowest BCUT2D eigenvalue weighted by molar-refractivity contribution is -0.114. The predicted molar refractivity (Wildman–Crippen MR) is 79.9 cm³/mol. The van der Waals surface area contributed by atoms with Crippen molar-refractivity contribution in [3.63, 3.8) is 0 Å². The van der Waals surface area contributed by atoms with Gasteiger partial charge in [0.1, 0.15) is 12.7 Å². The van der Waals surface area contributed by atoms with E-state index in [1.54, 1.807) is 24.3 Å². The molecule has 0 saturated carbocycles. The van der Waals surface area contributed by atoms with Crippen LogP contribution in [0.3, 0.4) is 0 Å². The van der Waals surface area contributed by atoms with E-state index in [9.17, 15) is 4.79 Å². The van der Waals surface area contributed by atoms with Gasteiger partial charge in [-0.05, 0) is 24.3 Å². The molecular formula is C12H9ClN6O2S. The highest BCUT2D eigenvalue weighted by Crippen LogP contribution is 2.24. The number of amides is 1. The van der Waals surface area contributed by atoms with Crippen LogP contribution in [0.15, 0.2) is 46.6 Å². The lowest BCUT2D eigenvalue weighted by Gasteiger charge is -2.01. The summed E-state index contributed by atoms with van der Waals surface area (Å²) < 4.78 is 6.84. The van der Waals surface area contributed by atoms with Gasteiger partial charge in [0.15, 0.2) is 0 Å². The fourth-order valence-corrected chi connectivity index (χ4v) is 2.22. The van der Waals surface area contributed by atoms with Crippen molar-refractivity contribution in [3.05, 3.63) is 41.9 Å². The van der Waals surface area contributed by atoms with Gasteiger partial charge in [-0.2, -0.15) is 0 Å². The molecule has 0 fully saturated rings. The van der Waals surface area contributed by atoms with Crippen LogP contribution in [0.2, 0.25) is 5.02 Å². The third-order valence-corrected chi connectivity index (χ3v) is 3.57. The van der Waals surface area contributed by atoms with Crippen molar-refractivity contribution in [2.45, 2.75) is 5.22 Å². The van der Waals surface area contributed by atoms with Gasteiger partial charge in [0.2, 0.25) is 11.8 Å². The van der Waals surface area contributed by atoms with Crippen LogP contribution in [0.5, 0.6) is 0 Å². The number of thioether (sulfide) groups is 1. The van der Waals surface area contributed by atoms with Gasteiger partial charge in [-0.15, -0.1) is 20.4 Å². The molecule has 0 unspecified atom stereocenters. The summed E-state index contributed by atoms with van der Waals surface area (Å²) in [5.41, 5.74) is 3.33. The van der Waals surface area contributed by atoms with Gasteiger partial charge >= 0.3 is 0 Å². The van der Waals surface area contributed by atoms with Crippen LogP contribution in [0, 0.1) is 0 Å². The fourth-order valence-electron chi connectivity index (χ4n) is 1.54. The highest BCUT2D eigenvalue weighted by Gasteiger charge is 2.11. The molecule has 10 heteroatoms. The maximum Gasteiger partial charge on any atom is 0.277 e. The number of hydrogen-bond donors (Lipinski definition) is 1. The Morgan fingerprint density at radius 3 is 2.68 bits per heavy atom. The maximum absolute atomic E-state index is 11.7. The first-order valence-corrected chi connectivity index (χ1v) is 7.44. The van der Waals surface area contributed by atoms with Crippen molar-refractivity contribution in [1.82, 2.24) is 25.1 Å². The first-order valence-electron chi connectivity index (χ1n) is 6.07. The van der Waals surface area contributed by atoms with E-state index in [1.807, 2.05) is 0 Å². The lowest BCUT2D eigenvalue weighted by Crippen LogP contribution is -2.23. The molecule has 3 rings (SSSR count). The second kappa shape index (κ2) is 6.58. The van der Waals surface area contributed by atoms with Gasteiger partial charge < -0.3 is 4.42 Å². The fraction of sp³-hybridized carbons (Fsp3) is 0.0833. The Balaban J connectivity index is 1.57. The molecule has 0 radical (unpaired) electrons. The van der Waals surface area contributed by atoms with Crippen molar-refractivity contribution in [3.8, 4) is 11.5 Å². The Kier molecular flexibility index (Phi) is 4.35. The van der Waals surface area contributed by atoms with E-state index in [4.69, 9.17) is 16.0 Å². The number of aromatic nitrogens is 5. The lowest BCUT2D eigenvalue weighted by atomic mass is 10.2. The van der Waals surface area contributed by atoms with Gasteiger partial charge in [-0.1, -0.05) is 23.4 Å². The van der Waals surface area contributed by atoms with Crippen molar-refractivity contribution in [1.29, 1.82) is 0 Å². The van der Waals surface area contributed by atoms with E-state index in [2.05, 4.69) is 25.8 Å². The summed E-state index contributed by atoms with van der Waals surface area (Å²) in [5, 5.41) is 15.9. The second-order valence-corrected chi connectivity index (χ2v) is 5.44. The summed E-state index contributed by atoms with van der Waals surface area (Å²) in [5.74, 6) is 0.259. The highest BCUT2D eigenvalue weighted by atomic mass is 35.5. The Labute approximate surface area is 133 Å². The number of carbonyl (C=O) groups excluding carboxylic acids is 1. The average molecular weight is 337 g/mol. The van der Waals surface area contributed by atoms with Gasteiger partial charge in [-0.3, -0.25) is 10.2 Å².